The first kappa shape index (κ1) is 17.5. The van der Waals surface area contributed by atoms with Crippen molar-refractivity contribution in [2.75, 3.05) is 5.32 Å². The van der Waals surface area contributed by atoms with Crippen LogP contribution in [0.4, 0.5) is 24.7 Å². The number of hydrogen-bond acceptors (Lipinski definition) is 4. The molecule has 1 aliphatic carbocycles. The second kappa shape index (κ2) is 6.51. The van der Waals surface area contributed by atoms with Crippen molar-refractivity contribution in [3.63, 3.8) is 0 Å². The van der Waals surface area contributed by atoms with Gasteiger partial charge in [-0.3, -0.25) is 4.79 Å². The minimum atomic E-state index is -4.56. The highest BCUT2D eigenvalue weighted by atomic mass is 35.5. The highest BCUT2D eigenvalue weighted by molar-refractivity contribution is 6.31. The molecule has 1 fully saturated rings. The van der Waals surface area contributed by atoms with Crippen LogP contribution in [0.5, 0.6) is 0 Å². The summed E-state index contributed by atoms with van der Waals surface area (Å²) in [5.74, 6) is 0.225. The fraction of sp³-hybridized carbons (Fsp3) is 0.312. The third kappa shape index (κ3) is 4.39. The van der Waals surface area contributed by atoms with Gasteiger partial charge >= 0.3 is 6.18 Å². The van der Waals surface area contributed by atoms with Crippen LogP contribution >= 0.6 is 11.6 Å². The molecule has 0 bridgehead atoms. The molecular formula is C16H14ClF3N4O. The average Bonchev–Trinajstić information content (AvgIpc) is 3.31. The number of hydrogen-bond donors (Lipinski definition) is 2. The fourth-order valence-corrected chi connectivity index (χ4v) is 2.43. The first-order valence-corrected chi connectivity index (χ1v) is 7.90. The quantitative estimate of drug-likeness (QED) is 0.850. The molecule has 1 amide bonds. The lowest BCUT2D eigenvalue weighted by atomic mass is 10.2. The molecule has 0 radical (unpaired) electrons. The zero-order chi connectivity index (χ0) is 18.2. The van der Waals surface area contributed by atoms with Crippen LogP contribution in [0.15, 0.2) is 24.3 Å². The second-order valence-corrected chi connectivity index (χ2v) is 6.16. The normalized spacial score (nSPS) is 14.3. The fourth-order valence-electron chi connectivity index (χ4n) is 2.20. The minimum Gasteiger partial charge on any atom is -0.348 e. The lowest BCUT2D eigenvalue weighted by molar-refractivity contribution is -0.137. The lowest BCUT2D eigenvalue weighted by Crippen LogP contribution is -2.26. The Morgan fingerprint density at radius 1 is 1.24 bits per heavy atom. The molecule has 1 aliphatic rings. The molecule has 1 aromatic carbocycles. The zero-order valence-corrected chi connectivity index (χ0v) is 13.9. The van der Waals surface area contributed by atoms with E-state index in [0.717, 1.165) is 25.0 Å². The Bertz CT molecular complexity index is 822. The Morgan fingerprint density at radius 3 is 2.60 bits per heavy atom. The van der Waals surface area contributed by atoms with Crippen LogP contribution in [0.25, 0.3) is 0 Å². The molecule has 2 N–H and O–H groups in total. The van der Waals surface area contributed by atoms with E-state index in [-0.39, 0.29) is 34.2 Å². The monoisotopic (exact) mass is 370 g/mol. The molecular weight excluding hydrogens is 357 g/mol. The van der Waals surface area contributed by atoms with Gasteiger partial charge in [-0.25, -0.2) is 9.97 Å². The molecule has 1 heterocycles. The van der Waals surface area contributed by atoms with Crippen LogP contribution in [0.2, 0.25) is 5.02 Å². The van der Waals surface area contributed by atoms with Crippen LogP contribution in [-0.2, 0) is 6.18 Å². The first-order valence-electron chi connectivity index (χ1n) is 7.53. The Kier molecular flexibility index (Phi) is 4.55. The predicted octanol–water partition coefficient (Wildman–Crippen LogP) is 4.09. The topological polar surface area (TPSA) is 66.9 Å². The molecule has 5 nitrogen and oxygen atoms in total. The van der Waals surface area contributed by atoms with E-state index in [4.69, 9.17) is 11.6 Å². The number of anilines is 2. The average molecular weight is 371 g/mol. The number of halogens is 4. The van der Waals surface area contributed by atoms with E-state index in [1.54, 1.807) is 6.92 Å². The Hall–Kier alpha value is -2.35. The highest BCUT2D eigenvalue weighted by Crippen LogP contribution is 2.36. The van der Waals surface area contributed by atoms with Crippen LogP contribution < -0.4 is 10.6 Å². The van der Waals surface area contributed by atoms with Gasteiger partial charge < -0.3 is 10.6 Å². The summed E-state index contributed by atoms with van der Waals surface area (Å²) in [5, 5.41) is 5.17. The molecule has 25 heavy (non-hydrogen) atoms. The van der Waals surface area contributed by atoms with Crippen LogP contribution in [-0.4, -0.2) is 21.9 Å². The molecule has 2 aromatic rings. The summed E-state index contributed by atoms with van der Waals surface area (Å²) >= 11 is 5.60. The van der Waals surface area contributed by atoms with E-state index < -0.39 is 11.7 Å². The Labute approximate surface area is 146 Å². The number of benzene rings is 1. The second-order valence-electron chi connectivity index (χ2n) is 5.75. The van der Waals surface area contributed by atoms with Gasteiger partial charge in [-0.2, -0.15) is 13.2 Å². The van der Waals surface area contributed by atoms with Gasteiger partial charge in [-0.15, -0.1) is 0 Å². The third-order valence-electron chi connectivity index (χ3n) is 3.53. The number of aryl methyl sites for hydroxylation is 1. The van der Waals surface area contributed by atoms with E-state index in [0.29, 0.717) is 5.82 Å². The molecule has 1 saturated carbocycles. The summed E-state index contributed by atoms with van der Waals surface area (Å²) in [5.41, 5.74) is -0.632. The molecule has 0 spiro atoms. The first-order chi connectivity index (χ1) is 11.7. The van der Waals surface area contributed by atoms with Gasteiger partial charge in [0.1, 0.15) is 17.3 Å². The predicted molar refractivity (Wildman–Crippen MR) is 87.0 cm³/mol. The zero-order valence-electron chi connectivity index (χ0n) is 13.1. The maximum absolute atomic E-state index is 12.9. The van der Waals surface area contributed by atoms with Gasteiger partial charge in [-0.1, -0.05) is 11.6 Å². The summed E-state index contributed by atoms with van der Waals surface area (Å²) in [6.45, 7) is 1.60. The number of amides is 1. The standard InChI is InChI=1S/C16H14ClF3N4O/c1-8-21-13(15(25)24-9-2-3-9)7-14(22-8)23-10-4-5-12(17)11(6-10)16(18,19)20/h4-7,9H,2-3H2,1H3,(H,24,25)(H,21,22,23). The maximum Gasteiger partial charge on any atom is 0.417 e. The Morgan fingerprint density at radius 2 is 1.96 bits per heavy atom. The minimum absolute atomic E-state index is 0.156. The van der Waals surface area contributed by atoms with Crippen molar-refractivity contribution >= 4 is 29.0 Å². The molecule has 0 aliphatic heterocycles. The van der Waals surface area contributed by atoms with Gasteiger partial charge in [0.15, 0.2) is 0 Å². The van der Waals surface area contributed by atoms with Crippen molar-refractivity contribution in [1.82, 2.24) is 15.3 Å². The summed E-state index contributed by atoms with van der Waals surface area (Å²) in [4.78, 5) is 20.3. The lowest BCUT2D eigenvalue weighted by Gasteiger charge is -2.13. The molecule has 132 valence electrons. The molecule has 1 aromatic heterocycles. The highest BCUT2D eigenvalue weighted by Gasteiger charge is 2.33. The number of aromatic nitrogens is 2. The van der Waals surface area contributed by atoms with Crippen molar-refractivity contribution in [1.29, 1.82) is 0 Å². The number of carbonyl (C=O) groups excluding carboxylic acids is 1. The van der Waals surface area contributed by atoms with Gasteiger partial charge in [0, 0.05) is 17.8 Å². The van der Waals surface area contributed by atoms with Crippen molar-refractivity contribution in [2.24, 2.45) is 0 Å². The van der Waals surface area contributed by atoms with E-state index in [1.165, 1.54) is 12.1 Å². The smallest absolute Gasteiger partial charge is 0.348 e. The summed E-state index contributed by atoms with van der Waals surface area (Å²) in [6.07, 6.45) is -2.69. The number of carbonyl (C=O) groups is 1. The third-order valence-corrected chi connectivity index (χ3v) is 3.86. The molecule has 0 atom stereocenters. The van der Waals surface area contributed by atoms with Gasteiger partial charge in [-0.05, 0) is 38.0 Å². The number of nitrogens with zero attached hydrogens (tertiary/aromatic N) is 2. The van der Waals surface area contributed by atoms with Crippen LogP contribution in [0.3, 0.4) is 0 Å². The number of rotatable bonds is 4. The summed E-state index contributed by atoms with van der Waals surface area (Å²) < 4.78 is 38.8. The van der Waals surface area contributed by atoms with Crippen LogP contribution in [0.1, 0.15) is 34.7 Å². The van der Waals surface area contributed by atoms with Crippen LogP contribution in [0, 0.1) is 6.92 Å². The van der Waals surface area contributed by atoms with Crippen molar-refractivity contribution in [3.8, 4) is 0 Å². The summed E-state index contributed by atoms with van der Waals surface area (Å²) in [7, 11) is 0. The number of nitrogens with one attached hydrogen (secondary N) is 2. The largest absolute Gasteiger partial charge is 0.417 e. The molecule has 3 rings (SSSR count). The van der Waals surface area contributed by atoms with Crippen molar-refractivity contribution < 1.29 is 18.0 Å². The van der Waals surface area contributed by atoms with Gasteiger partial charge in [0.25, 0.3) is 5.91 Å². The molecule has 0 saturated heterocycles. The van der Waals surface area contributed by atoms with Gasteiger partial charge in [0.05, 0.1) is 10.6 Å². The van der Waals surface area contributed by atoms with Gasteiger partial charge in [0.2, 0.25) is 0 Å². The molecule has 9 heteroatoms. The SMILES string of the molecule is Cc1nc(Nc2ccc(Cl)c(C(F)(F)F)c2)cc(C(=O)NC2CC2)n1. The van der Waals surface area contributed by atoms with E-state index >= 15 is 0 Å². The van der Waals surface area contributed by atoms with Crippen molar-refractivity contribution in [2.45, 2.75) is 32.0 Å². The van der Waals surface area contributed by atoms with E-state index in [2.05, 4.69) is 20.6 Å². The number of alkyl halides is 3. The van der Waals surface area contributed by atoms with E-state index in [9.17, 15) is 18.0 Å². The maximum atomic E-state index is 12.9. The van der Waals surface area contributed by atoms with E-state index in [1.807, 2.05) is 0 Å². The van der Waals surface area contributed by atoms with Crippen molar-refractivity contribution in [3.05, 3.63) is 46.4 Å². The Balaban J connectivity index is 1.85. The molecule has 0 unspecified atom stereocenters. The summed E-state index contributed by atoms with van der Waals surface area (Å²) in [6, 6.07) is 5.02.